The lowest BCUT2D eigenvalue weighted by Crippen LogP contribution is -2.54. The fraction of sp³-hybridized carbons (Fsp3) is 0.608. The molecular weight excluding hydrogens is 1330 g/mol. The number of hydrogen-bond donors (Lipinski definition) is 1. The number of benzene rings is 3. The first-order chi connectivity index (χ1) is 49.6. The highest BCUT2D eigenvalue weighted by atomic mass is 16.7. The van der Waals surface area contributed by atoms with Crippen molar-refractivity contribution in [2.24, 2.45) is 0 Å². The van der Waals surface area contributed by atoms with Gasteiger partial charge in [-0.1, -0.05) is 11.6 Å². The summed E-state index contributed by atoms with van der Waals surface area (Å²) in [4.78, 5) is 102. The number of unbranched alkanes of at least 4 members (excludes halogenated alkanes) is 2. The maximum absolute atomic E-state index is 14.8. The van der Waals surface area contributed by atoms with Crippen LogP contribution in [0.1, 0.15) is 163 Å². The summed E-state index contributed by atoms with van der Waals surface area (Å²) < 4.78 is 82.3. The molecule has 0 aliphatic carbocycles. The summed E-state index contributed by atoms with van der Waals surface area (Å²) in [6, 6.07) is 11.2. The first-order valence-electron chi connectivity index (χ1n) is 36.1. The van der Waals surface area contributed by atoms with Gasteiger partial charge in [0.05, 0.1) is 101 Å². The Morgan fingerprint density at radius 3 is 1.55 bits per heavy atom. The largest absolute Gasteiger partial charge is 0.493 e. The van der Waals surface area contributed by atoms with E-state index in [4.69, 9.17) is 61.6 Å². The van der Waals surface area contributed by atoms with Crippen LogP contribution in [0, 0.1) is 0 Å². The molecule has 0 radical (unpaired) electrons. The highest BCUT2D eigenvalue weighted by molar-refractivity contribution is 6.13. The number of amides is 7. The zero-order chi connectivity index (χ0) is 72.8. The number of ether oxygens (including phenoxy) is 13. The van der Waals surface area contributed by atoms with E-state index in [1.54, 1.807) is 86.5 Å². The van der Waals surface area contributed by atoms with Gasteiger partial charge in [-0.05, 0) is 160 Å². The number of carbonyl (C=O) groups excluding carboxylic acids is 7. The van der Waals surface area contributed by atoms with Gasteiger partial charge in [0.1, 0.15) is 30.1 Å². The molecule has 1 aromatic heterocycles. The normalized spacial score (nSPS) is 21.2. The molecule has 0 spiro atoms. The van der Waals surface area contributed by atoms with E-state index in [0.717, 1.165) is 25.7 Å². The minimum atomic E-state index is -0.968. The zero-order valence-electron chi connectivity index (χ0n) is 60.5. The molecule has 4 aromatic rings. The van der Waals surface area contributed by atoms with Gasteiger partial charge in [0, 0.05) is 75.7 Å². The van der Waals surface area contributed by atoms with E-state index in [1.165, 1.54) is 41.1 Å². The minimum absolute atomic E-state index is 0.0778. The molecule has 29 nitrogen and oxygen atoms in total. The monoisotopic (exact) mass is 1430 g/mol. The number of hydrogen-bond acceptors (Lipinski definition) is 22. The van der Waals surface area contributed by atoms with Crippen LogP contribution in [0.5, 0.6) is 23.0 Å². The molecule has 6 atom stereocenters. The minimum Gasteiger partial charge on any atom is -0.493 e. The average molecular weight is 1430 g/mol. The van der Waals surface area contributed by atoms with Gasteiger partial charge in [-0.3, -0.25) is 28.9 Å². The highest BCUT2D eigenvalue weighted by Crippen LogP contribution is 2.46. The summed E-state index contributed by atoms with van der Waals surface area (Å²) in [6.45, 7) is 15.4. The maximum Gasteiger partial charge on any atom is 0.417 e. The van der Waals surface area contributed by atoms with Crippen molar-refractivity contribution in [1.29, 1.82) is 0 Å². The zero-order valence-corrected chi connectivity index (χ0v) is 60.5. The molecule has 103 heavy (non-hydrogen) atoms. The number of methoxy groups -OCH3 is 2. The number of rotatable bonds is 31. The quantitative estimate of drug-likeness (QED) is 0.0362. The second-order valence-corrected chi connectivity index (χ2v) is 28.4. The fourth-order valence-corrected chi connectivity index (χ4v) is 13.6. The fourth-order valence-electron chi connectivity index (χ4n) is 13.6. The lowest BCUT2D eigenvalue weighted by Gasteiger charge is -2.39. The van der Waals surface area contributed by atoms with Crippen molar-refractivity contribution < 1.29 is 95.1 Å². The number of aromatic nitrogens is 3. The summed E-state index contributed by atoms with van der Waals surface area (Å²) >= 11 is 0. The Bertz CT molecular complexity index is 3480. The van der Waals surface area contributed by atoms with E-state index < -0.39 is 60.5 Å². The number of fused-ring (bicyclic) bond motifs is 4. The van der Waals surface area contributed by atoms with Gasteiger partial charge in [0.15, 0.2) is 48.0 Å². The number of nitrogens with one attached hydrogen (secondary N) is 1. The van der Waals surface area contributed by atoms with Crippen LogP contribution in [0.2, 0.25) is 0 Å². The Hall–Kier alpha value is -8.45. The van der Waals surface area contributed by atoms with Crippen molar-refractivity contribution in [2.75, 3.05) is 103 Å². The van der Waals surface area contributed by atoms with E-state index in [0.29, 0.717) is 172 Å². The molecule has 0 saturated carbocycles. The Kier molecular flexibility index (Phi) is 25.6. The summed E-state index contributed by atoms with van der Waals surface area (Å²) in [5, 5.41) is 11.9. The van der Waals surface area contributed by atoms with Crippen LogP contribution in [0.4, 0.5) is 21.0 Å². The van der Waals surface area contributed by atoms with Gasteiger partial charge in [0.25, 0.3) is 23.6 Å². The average Bonchev–Trinajstić information content (AvgIpc) is 1.63. The Morgan fingerprint density at radius 2 is 1.07 bits per heavy atom. The third-order valence-corrected chi connectivity index (χ3v) is 18.5. The van der Waals surface area contributed by atoms with Crippen molar-refractivity contribution in [3.63, 3.8) is 0 Å². The molecule has 3 aromatic carbocycles. The number of nitrogens with zero attached hydrogens (tertiary/aromatic N) is 8. The number of anilines is 2. The van der Waals surface area contributed by atoms with E-state index in [-0.39, 0.29) is 88.2 Å². The predicted molar refractivity (Wildman–Crippen MR) is 372 cm³/mol. The molecule has 4 saturated heterocycles. The SMILES string of the molecule is COc1cc2c(cc1OCc1cc(COc3cc4c(cc3OC)C(=O)N3CCC[C@H]3[C@H](OC3CCCCO3)N4C(=O)OC(C)(C)C)cc(-c3cn(CCOCCOCCOCCNC(=O)CCCCCN4C(=O)C=CC4=O)nn3)c1)N(C(=O)OC(C)(C)C)[C@@H](OC1CCCCO1)[C@@H]1CCCN1C2=O. The summed E-state index contributed by atoms with van der Waals surface area (Å²) in [5.41, 5.74) is 1.48. The van der Waals surface area contributed by atoms with Crippen LogP contribution in [-0.4, -0.2) is 213 Å². The molecular formula is C74H99N9O20. The predicted octanol–water partition coefficient (Wildman–Crippen LogP) is 9.23. The van der Waals surface area contributed by atoms with Crippen molar-refractivity contribution >= 4 is 53.1 Å². The van der Waals surface area contributed by atoms with Crippen LogP contribution < -0.4 is 34.1 Å². The van der Waals surface area contributed by atoms with Gasteiger partial charge in [-0.2, -0.15) is 0 Å². The third-order valence-electron chi connectivity index (χ3n) is 18.5. The first kappa shape index (κ1) is 75.7. The second-order valence-electron chi connectivity index (χ2n) is 28.4. The van der Waals surface area contributed by atoms with Crippen molar-refractivity contribution in [1.82, 2.24) is 35.0 Å². The van der Waals surface area contributed by atoms with Crippen LogP contribution >= 0.6 is 0 Å². The third kappa shape index (κ3) is 19.5. The summed E-state index contributed by atoms with van der Waals surface area (Å²) in [7, 11) is 2.97. The van der Waals surface area contributed by atoms with Crippen molar-refractivity contribution in [3.8, 4) is 34.3 Å². The lowest BCUT2D eigenvalue weighted by atomic mass is 10.0. The number of imide groups is 1. The second kappa shape index (κ2) is 34.9. The molecule has 4 fully saturated rings. The first-order valence-corrected chi connectivity index (χ1v) is 36.1. The topological polar surface area (TPSA) is 298 Å². The van der Waals surface area contributed by atoms with Crippen LogP contribution in [0.25, 0.3) is 11.3 Å². The molecule has 7 aliphatic rings. The van der Waals surface area contributed by atoms with Crippen molar-refractivity contribution in [3.05, 3.63) is 83.1 Å². The molecule has 11 rings (SSSR count). The molecule has 560 valence electrons. The highest BCUT2D eigenvalue weighted by Gasteiger charge is 2.51. The van der Waals surface area contributed by atoms with Crippen LogP contribution in [0.3, 0.4) is 0 Å². The smallest absolute Gasteiger partial charge is 0.417 e. The Morgan fingerprint density at radius 1 is 0.563 bits per heavy atom. The van der Waals surface area contributed by atoms with E-state index in [9.17, 15) is 33.6 Å². The molecule has 2 unspecified atom stereocenters. The molecule has 8 heterocycles. The van der Waals surface area contributed by atoms with Gasteiger partial charge in [0.2, 0.25) is 5.91 Å². The number of carbonyl (C=O) groups is 7. The van der Waals surface area contributed by atoms with Crippen LogP contribution in [0.15, 0.2) is 60.8 Å². The summed E-state index contributed by atoms with van der Waals surface area (Å²) in [5.74, 6) is -0.359. The van der Waals surface area contributed by atoms with Gasteiger partial charge < -0.3 is 76.7 Å². The lowest BCUT2D eigenvalue weighted by molar-refractivity contribution is -0.196. The van der Waals surface area contributed by atoms with E-state index in [2.05, 4.69) is 15.6 Å². The van der Waals surface area contributed by atoms with Gasteiger partial charge in [-0.25, -0.2) is 24.1 Å². The maximum atomic E-state index is 14.8. The van der Waals surface area contributed by atoms with E-state index >= 15 is 0 Å². The van der Waals surface area contributed by atoms with E-state index in [1.807, 2.05) is 18.2 Å². The Labute approximate surface area is 600 Å². The molecule has 29 heteroatoms. The standard InChI is InChI=1S/C74H99N9O20/c1-73(2,3)102-71(89)82-56-43-60(58(91-7)41-51(56)67(87)79-27-16-18-54(79)69(82)100-65-21-11-14-30-96-65)98-46-48-38-49(40-50(39-48)53-45-78(77-76-53)29-33-94-35-37-95-36-34-93-32-25-75-62(84)20-10-9-13-26-81-63(85)23-24-64(81)86)47-99-61-44-57-52(42-59(61)92-8)68(88)80-28-17-19-55(80)70(101-66-22-12-15-31-97-66)83(57)72(90)103-74(4,5)6/h23-24,38-45,54-55,65-66,69-70H,9-22,25-37,46-47H2,1-8H3,(H,75,84)/t54-,55-,65?,66?,69-,70-/m0/s1. The van der Waals surface area contributed by atoms with Crippen molar-refractivity contribution in [2.45, 2.75) is 200 Å². The molecule has 7 amide bonds. The molecule has 0 bridgehead atoms. The Balaban J connectivity index is 0.804. The van der Waals surface area contributed by atoms with Crippen LogP contribution in [-0.2, 0) is 76.8 Å². The van der Waals surface area contributed by atoms with Gasteiger partial charge in [-0.15, -0.1) is 5.10 Å². The van der Waals surface area contributed by atoms with Gasteiger partial charge >= 0.3 is 12.2 Å². The molecule has 1 N–H and O–H groups in total. The molecule has 7 aliphatic heterocycles. The summed E-state index contributed by atoms with van der Waals surface area (Å²) in [6.07, 6.45) is 9.41.